The van der Waals surface area contributed by atoms with Crippen LogP contribution in [0, 0.1) is 0 Å². The molecular weight excluding hydrogens is 504 g/mol. The van der Waals surface area contributed by atoms with Gasteiger partial charge in [0.1, 0.15) is 11.9 Å². The van der Waals surface area contributed by atoms with Gasteiger partial charge < -0.3 is 8.98 Å². The van der Waals surface area contributed by atoms with Gasteiger partial charge in [-0.15, -0.1) is 0 Å². The Balaban J connectivity index is 1.40. The van der Waals surface area contributed by atoms with Crippen LogP contribution in [0.1, 0.15) is 35.0 Å². The highest BCUT2D eigenvalue weighted by molar-refractivity contribution is 6.39. The summed E-state index contributed by atoms with van der Waals surface area (Å²) in [6.45, 7) is 2.01. The van der Waals surface area contributed by atoms with Gasteiger partial charge in [-0.2, -0.15) is 0 Å². The number of fused-ring (bicyclic) bond motifs is 1. The minimum Gasteiger partial charge on any atom is -0.440 e. The number of carbonyl (C=O) groups excluding carboxylic acids is 2. The van der Waals surface area contributed by atoms with Crippen LogP contribution >= 0.6 is 0 Å². The Labute approximate surface area is 230 Å². The summed E-state index contributed by atoms with van der Waals surface area (Å²) < 4.78 is 8.03. The molecule has 2 atom stereocenters. The van der Waals surface area contributed by atoms with Crippen LogP contribution in [-0.2, 0) is 11.2 Å². The van der Waals surface area contributed by atoms with E-state index in [0.717, 1.165) is 40.7 Å². The number of carbonyl (C=O) groups is 2. The highest BCUT2D eigenvalue weighted by atomic mass is 16.4. The number of nitrogens with zero attached hydrogens (tertiary/aromatic N) is 6. The average molecular weight is 531 g/mol. The molecule has 5 aromatic rings. The summed E-state index contributed by atoms with van der Waals surface area (Å²) >= 11 is 0. The molecule has 0 fully saturated rings. The van der Waals surface area contributed by atoms with E-state index >= 15 is 0 Å². The summed E-state index contributed by atoms with van der Waals surface area (Å²) in [5.41, 5.74) is 3.58. The van der Waals surface area contributed by atoms with E-state index in [-0.39, 0.29) is 0 Å². The van der Waals surface area contributed by atoms with Crippen LogP contribution in [-0.4, -0.2) is 50.9 Å². The zero-order valence-corrected chi connectivity index (χ0v) is 21.8. The maximum Gasteiger partial charge on any atom is 0.216 e. The van der Waals surface area contributed by atoms with Crippen LogP contribution in [0.2, 0.25) is 0 Å². The number of aromatic nitrogens is 3. The van der Waals surface area contributed by atoms with Crippen molar-refractivity contribution in [2.24, 2.45) is 9.98 Å². The highest BCUT2D eigenvalue weighted by Crippen LogP contribution is 2.36. The fourth-order valence-corrected chi connectivity index (χ4v) is 5.09. The molecule has 1 amide bonds. The highest BCUT2D eigenvalue weighted by Gasteiger charge is 2.44. The van der Waals surface area contributed by atoms with Crippen molar-refractivity contribution in [3.63, 3.8) is 0 Å². The lowest BCUT2D eigenvalue weighted by Crippen LogP contribution is -2.51. The van der Waals surface area contributed by atoms with Gasteiger partial charge in [-0.1, -0.05) is 25.1 Å². The summed E-state index contributed by atoms with van der Waals surface area (Å²) in [6.07, 6.45) is 11.4. The number of aldehydes is 1. The summed E-state index contributed by atoms with van der Waals surface area (Å²) in [5, 5.41) is 0.727. The Bertz CT molecular complexity index is 1710. The van der Waals surface area contributed by atoms with Gasteiger partial charge in [0.15, 0.2) is 5.66 Å². The number of pyridine rings is 1. The molecule has 1 aliphatic heterocycles. The number of amides is 1. The van der Waals surface area contributed by atoms with Gasteiger partial charge >= 0.3 is 0 Å². The Kier molecular flexibility index (Phi) is 6.61. The summed E-state index contributed by atoms with van der Waals surface area (Å²) in [5.74, 6) is 0.352. The van der Waals surface area contributed by atoms with Crippen LogP contribution in [0.25, 0.3) is 16.7 Å². The molecule has 0 N–H and O–H groups in total. The van der Waals surface area contributed by atoms with Crippen molar-refractivity contribution in [3.8, 4) is 5.69 Å². The van der Waals surface area contributed by atoms with Gasteiger partial charge in [-0.05, 0) is 48.9 Å². The van der Waals surface area contributed by atoms with Crippen molar-refractivity contribution in [1.29, 1.82) is 0 Å². The summed E-state index contributed by atoms with van der Waals surface area (Å²) in [7, 11) is 0. The molecule has 4 heterocycles. The standard InChI is InChI=1S/C31H26N6O3/c1-2-31(34-18-27(35-31)23-7-9-26(10-8-23)36-14-13-32-20-36)29(17-25-5-3-4-12-33-25)37(21-39)30-16-24-15-22(19-38)6-11-28(24)40-30/h3-16,18-21,29H,2,17H2,1H3/t29-,31?/m0/s1. The molecular formula is C31H26N6O3. The van der Waals surface area contributed by atoms with Gasteiger partial charge in [0, 0.05) is 59.0 Å². The molecule has 0 aliphatic carbocycles. The molecule has 9 nitrogen and oxygen atoms in total. The number of rotatable bonds is 10. The van der Waals surface area contributed by atoms with Crippen LogP contribution in [0.5, 0.6) is 0 Å². The van der Waals surface area contributed by atoms with Crippen LogP contribution in [0.4, 0.5) is 5.88 Å². The molecule has 0 saturated heterocycles. The van der Waals surface area contributed by atoms with E-state index < -0.39 is 11.7 Å². The molecule has 2 aromatic carbocycles. The van der Waals surface area contributed by atoms with Gasteiger partial charge in [-0.3, -0.25) is 29.5 Å². The number of benzene rings is 2. The number of hydrogen-bond donors (Lipinski definition) is 0. The van der Waals surface area contributed by atoms with Gasteiger partial charge in [0.05, 0.1) is 24.3 Å². The molecule has 198 valence electrons. The maximum absolute atomic E-state index is 12.7. The molecule has 40 heavy (non-hydrogen) atoms. The fraction of sp³-hybridized carbons (Fsp3) is 0.161. The van der Waals surface area contributed by atoms with Crippen molar-refractivity contribution in [3.05, 3.63) is 108 Å². The molecule has 6 rings (SSSR count). The van der Waals surface area contributed by atoms with Crippen LogP contribution in [0.3, 0.4) is 0 Å². The maximum atomic E-state index is 12.7. The number of anilines is 1. The number of aliphatic imine (C=N–C) groups is 2. The largest absolute Gasteiger partial charge is 0.440 e. The summed E-state index contributed by atoms with van der Waals surface area (Å²) in [4.78, 5) is 44.3. The third-order valence-corrected chi connectivity index (χ3v) is 7.24. The quantitative estimate of drug-likeness (QED) is 0.234. The second kappa shape index (κ2) is 10.5. The first-order valence-electron chi connectivity index (χ1n) is 13.0. The van der Waals surface area contributed by atoms with Crippen molar-refractivity contribution in [2.45, 2.75) is 31.5 Å². The van der Waals surface area contributed by atoms with E-state index in [4.69, 9.17) is 14.4 Å². The minimum atomic E-state index is -0.969. The molecule has 0 saturated carbocycles. The van der Waals surface area contributed by atoms with Crippen molar-refractivity contribution in [1.82, 2.24) is 14.5 Å². The molecule has 0 spiro atoms. The SMILES string of the molecule is CCC1([C@H](Cc2ccccn2)N(C=O)c2cc3cc(C=O)ccc3o2)N=CC(c2ccc(-n3ccnc3)cc2)=N1. The Morgan fingerprint density at radius 3 is 2.62 bits per heavy atom. The molecule has 1 unspecified atom stereocenters. The molecule has 9 heteroatoms. The first kappa shape index (κ1) is 25.1. The number of furan rings is 1. The summed E-state index contributed by atoms with van der Waals surface area (Å²) in [6, 6.07) is 20.1. The second-order valence-corrected chi connectivity index (χ2v) is 9.56. The minimum absolute atomic E-state index is 0.352. The molecule has 0 radical (unpaired) electrons. The van der Waals surface area contributed by atoms with Gasteiger partial charge in [-0.25, -0.2) is 4.98 Å². The molecule has 1 aliphatic rings. The van der Waals surface area contributed by atoms with Gasteiger partial charge in [0.2, 0.25) is 12.3 Å². The van der Waals surface area contributed by atoms with E-state index in [9.17, 15) is 9.59 Å². The third kappa shape index (κ3) is 4.62. The fourth-order valence-electron chi connectivity index (χ4n) is 5.09. The Morgan fingerprint density at radius 1 is 1.05 bits per heavy atom. The predicted molar refractivity (Wildman–Crippen MR) is 153 cm³/mol. The number of imidazole rings is 1. The third-order valence-electron chi connectivity index (χ3n) is 7.24. The van der Waals surface area contributed by atoms with Crippen molar-refractivity contribution >= 4 is 41.5 Å². The Morgan fingerprint density at radius 2 is 1.93 bits per heavy atom. The van der Waals surface area contributed by atoms with E-state index in [0.29, 0.717) is 29.9 Å². The zero-order valence-electron chi connectivity index (χ0n) is 21.8. The molecule has 0 bridgehead atoms. The lowest BCUT2D eigenvalue weighted by molar-refractivity contribution is -0.108. The number of hydrogen-bond acceptors (Lipinski definition) is 7. The van der Waals surface area contributed by atoms with Crippen LogP contribution in [0.15, 0.2) is 106 Å². The van der Waals surface area contributed by atoms with E-state index in [1.54, 1.807) is 54.1 Å². The van der Waals surface area contributed by atoms with Gasteiger partial charge in [0.25, 0.3) is 0 Å². The monoisotopic (exact) mass is 530 g/mol. The molecule has 3 aromatic heterocycles. The lowest BCUT2D eigenvalue weighted by atomic mass is 9.92. The smallest absolute Gasteiger partial charge is 0.216 e. The Hall–Kier alpha value is -5.18. The van der Waals surface area contributed by atoms with Crippen LogP contribution < -0.4 is 4.90 Å². The van der Waals surface area contributed by atoms with Crippen molar-refractivity contribution in [2.75, 3.05) is 4.90 Å². The normalized spacial score (nSPS) is 17.1. The van der Waals surface area contributed by atoms with Crippen molar-refractivity contribution < 1.29 is 14.0 Å². The average Bonchev–Trinajstić information content (AvgIpc) is 3.78. The first-order valence-corrected chi connectivity index (χ1v) is 13.0. The lowest BCUT2D eigenvalue weighted by Gasteiger charge is -2.36. The second-order valence-electron chi connectivity index (χ2n) is 9.56. The predicted octanol–water partition coefficient (Wildman–Crippen LogP) is 5.08. The first-order chi connectivity index (χ1) is 19.6. The van der Waals surface area contributed by atoms with E-state index in [1.165, 1.54) is 0 Å². The van der Waals surface area contributed by atoms with E-state index in [2.05, 4.69) is 9.97 Å². The van der Waals surface area contributed by atoms with E-state index in [1.807, 2.05) is 60.2 Å². The zero-order chi connectivity index (χ0) is 27.5. The topological polar surface area (TPSA) is 106 Å².